The number of sulfonamides is 1. The van der Waals surface area contributed by atoms with Crippen molar-refractivity contribution in [2.75, 3.05) is 18.4 Å². The molecule has 0 unspecified atom stereocenters. The van der Waals surface area contributed by atoms with E-state index in [0.717, 1.165) is 11.1 Å². The Labute approximate surface area is 164 Å². The van der Waals surface area contributed by atoms with Crippen LogP contribution < -0.4 is 14.2 Å². The van der Waals surface area contributed by atoms with E-state index in [-0.39, 0.29) is 4.90 Å². The molecule has 8 heteroatoms. The summed E-state index contributed by atoms with van der Waals surface area (Å²) in [6.45, 7) is 4.20. The lowest BCUT2D eigenvalue weighted by Crippen LogP contribution is -2.13. The normalized spacial score (nSPS) is 11.1. The van der Waals surface area contributed by atoms with Crippen molar-refractivity contribution in [3.05, 3.63) is 60.2 Å². The third kappa shape index (κ3) is 4.40. The first kappa shape index (κ1) is 19.6. The molecule has 0 radical (unpaired) electrons. The average molecular weight is 399 g/mol. The molecule has 1 heterocycles. The van der Waals surface area contributed by atoms with Crippen LogP contribution in [-0.2, 0) is 10.0 Å². The number of aryl methyl sites for hydroxylation is 1. The Bertz CT molecular complexity index is 1050. The SMILES string of the molecule is CCOc1ccc(-c2ccc(NS(=O)(=O)c3ccc(OC)c(C)c3)cc2)nn1. The molecular weight excluding hydrogens is 378 g/mol. The van der Waals surface area contributed by atoms with E-state index < -0.39 is 10.0 Å². The first-order valence-electron chi connectivity index (χ1n) is 8.67. The highest BCUT2D eigenvalue weighted by Gasteiger charge is 2.16. The Morgan fingerprint density at radius 3 is 2.32 bits per heavy atom. The van der Waals surface area contributed by atoms with Crippen LogP contribution in [0, 0.1) is 6.92 Å². The zero-order valence-corrected chi connectivity index (χ0v) is 16.7. The first-order valence-corrected chi connectivity index (χ1v) is 10.2. The number of nitrogens with one attached hydrogen (secondary N) is 1. The summed E-state index contributed by atoms with van der Waals surface area (Å²) in [5, 5.41) is 8.11. The van der Waals surface area contributed by atoms with Gasteiger partial charge < -0.3 is 9.47 Å². The van der Waals surface area contributed by atoms with Crippen molar-refractivity contribution in [3.63, 3.8) is 0 Å². The highest BCUT2D eigenvalue weighted by Crippen LogP contribution is 2.25. The minimum absolute atomic E-state index is 0.173. The van der Waals surface area contributed by atoms with Crippen molar-refractivity contribution >= 4 is 15.7 Å². The van der Waals surface area contributed by atoms with E-state index in [9.17, 15) is 8.42 Å². The van der Waals surface area contributed by atoms with E-state index in [0.29, 0.717) is 29.6 Å². The van der Waals surface area contributed by atoms with Crippen LogP contribution in [0.5, 0.6) is 11.6 Å². The Kier molecular flexibility index (Phi) is 5.79. The number of hydrogen-bond acceptors (Lipinski definition) is 6. The van der Waals surface area contributed by atoms with Crippen molar-refractivity contribution in [2.45, 2.75) is 18.7 Å². The Morgan fingerprint density at radius 1 is 1.00 bits per heavy atom. The van der Waals surface area contributed by atoms with E-state index in [4.69, 9.17) is 9.47 Å². The maximum atomic E-state index is 12.6. The third-order valence-corrected chi connectivity index (χ3v) is 5.42. The zero-order chi connectivity index (χ0) is 20.1. The lowest BCUT2D eigenvalue weighted by Gasteiger charge is -2.11. The van der Waals surface area contributed by atoms with Crippen molar-refractivity contribution < 1.29 is 17.9 Å². The van der Waals surface area contributed by atoms with Crippen molar-refractivity contribution in [3.8, 4) is 22.9 Å². The topological polar surface area (TPSA) is 90.4 Å². The number of ether oxygens (including phenoxy) is 2. The zero-order valence-electron chi connectivity index (χ0n) is 15.8. The molecule has 1 aromatic heterocycles. The highest BCUT2D eigenvalue weighted by atomic mass is 32.2. The maximum absolute atomic E-state index is 12.6. The molecule has 146 valence electrons. The summed E-state index contributed by atoms with van der Waals surface area (Å²) in [6, 6.07) is 15.2. The van der Waals surface area contributed by atoms with E-state index in [1.807, 2.05) is 6.92 Å². The summed E-state index contributed by atoms with van der Waals surface area (Å²) < 4.78 is 38.3. The molecule has 2 aromatic carbocycles. The lowest BCUT2D eigenvalue weighted by molar-refractivity contribution is 0.323. The van der Waals surface area contributed by atoms with Gasteiger partial charge in [-0.25, -0.2) is 8.42 Å². The number of methoxy groups -OCH3 is 1. The van der Waals surface area contributed by atoms with Crippen LogP contribution in [-0.4, -0.2) is 32.3 Å². The molecule has 0 aliphatic carbocycles. The van der Waals surface area contributed by atoms with Gasteiger partial charge in [0.1, 0.15) is 5.75 Å². The molecule has 0 aliphatic heterocycles. The number of hydrogen-bond donors (Lipinski definition) is 1. The predicted octanol–water partition coefficient (Wildman–Crippen LogP) is 3.66. The van der Waals surface area contributed by atoms with Crippen LogP contribution in [0.25, 0.3) is 11.3 Å². The van der Waals surface area contributed by atoms with Crippen LogP contribution in [0.2, 0.25) is 0 Å². The molecule has 3 rings (SSSR count). The predicted molar refractivity (Wildman–Crippen MR) is 107 cm³/mol. The third-order valence-electron chi connectivity index (χ3n) is 4.04. The smallest absolute Gasteiger partial charge is 0.261 e. The fourth-order valence-electron chi connectivity index (χ4n) is 2.64. The molecular formula is C20H21N3O4S. The standard InChI is InChI=1S/C20H21N3O4S/c1-4-27-20-12-10-18(21-22-20)15-5-7-16(8-6-15)23-28(24,25)17-9-11-19(26-3)14(2)13-17/h5-13,23H,4H2,1-3H3. The van der Waals surface area contributed by atoms with Gasteiger partial charge in [0, 0.05) is 17.3 Å². The monoisotopic (exact) mass is 399 g/mol. The van der Waals surface area contributed by atoms with Crippen molar-refractivity contribution in [1.29, 1.82) is 0 Å². The van der Waals surface area contributed by atoms with Gasteiger partial charge in [-0.3, -0.25) is 4.72 Å². The molecule has 0 aliphatic rings. The minimum atomic E-state index is -3.70. The van der Waals surface area contributed by atoms with Gasteiger partial charge in [0.05, 0.1) is 24.3 Å². The van der Waals surface area contributed by atoms with Gasteiger partial charge in [-0.05, 0) is 55.8 Å². The number of aromatic nitrogens is 2. The number of benzene rings is 2. The van der Waals surface area contributed by atoms with Crippen LogP contribution in [0.3, 0.4) is 0 Å². The van der Waals surface area contributed by atoms with Crippen LogP contribution >= 0.6 is 0 Å². The largest absolute Gasteiger partial charge is 0.496 e. The summed E-state index contributed by atoms with van der Waals surface area (Å²) in [7, 11) is -2.15. The van der Waals surface area contributed by atoms with Crippen LogP contribution in [0.15, 0.2) is 59.5 Å². The molecule has 7 nitrogen and oxygen atoms in total. The van der Waals surface area contributed by atoms with Gasteiger partial charge in [-0.15, -0.1) is 10.2 Å². The first-order chi connectivity index (χ1) is 13.4. The van der Waals surface area contributed by atoms with Crippen molar-refractivity contribution in [2.24, 2.45) is 0 Å². The summed E-state index contributed by atoms with van der Waals surface area (Å²) in [6.07, 6.45) is 0. The molecule has 1 N–H and O–H groups in total. The lowest BCUT2D eigenvalue weighted by atomic mass is 10.1. The Balaban J connectivity index is 1.77. The summed E-state index contributed by atoms with van der Waals surface area (Å²) >= 11 is 0. The number of anilines is 1. The Morgan fingerprint density at radius 2 is 1.75 bits per heavy atom. The second-order valence-corrected chi connectivity index (χ2v) is 7.69. The maximum Gasteiger partial charge on any atom is 0.261 e. The average Bonchev–Trinajstić information content (AvgIpc) is 2.69. The van der Waals surface area contributed by atoms with Crippen molar-refractivity contribution in [1.82, 2.24) is 10.2 Å². The summed E-state index contributed by atoms with van der Waals surface area (Å²) in [4.78, 5) is 0.173. The van der Waals surface area contributed by atoms with E-state index >= 15 is 0 Å². The van der Waals surface area contributed by atoms with E-state index in [1.165, 1.54) is 6.07 Å². The molecule has 0 atom stereocenters. The quantitative estimate of drug-likeness (QED) is 0.652. The van der Waals surface area contributed by atoms with Gasteiger partial charge in [-0.2, -0.15) is 0 Å². The number of rotatable bonds is 7. The van der Waals surface area contributed by atoms with Crippen LogP contribution in [0.4, 0.5) is 5.69 Å². The minimum Gasteiger partial charge on any atom is -0.496 e. The van der Waals surface area contributed by atoms with Crippen LogP contribution in [0.1, 0.15) is 12.5 Å². The van der Waals surface area contributed by atoms with Gasteiger partial charge in [-0.1, -0.05) is 12.1 Å². The van der Waals surface area contributed by atoms with Gasteiger partial charge in [0.25, 0.3) is 10.0 Å². The second kappa shape index (κ2) is 8.26. The summed E-state index contributed by atoms with van der Waals surface area (Å²) in [5.41, 5.74) is 2.69. The molecule has 0 bridgehead atoms. The second-order valence-electron chi connectivity index (χ2n) is 6.00. The fraction of sp³-hybridized carbons (Fsp3) is 0.200. The Hall–Kier alpha value is -3.13. The van der Waals surface area contributed by atoms with E-state index in [1.54, 1.807) is 62.6 Å². The molecule has 0 saturated carbocycles. The molecule has 28 heavy (non-hydrogen) atoms. The molecule has 0 fully saturated rings. The molecule has 0 saturated heterocycles. The van der Waals surface area contributed by atoms with Gasteiger partial charge in [0.15, 0.2) is 0 Å². The summed E-state index contributed by atoms with van der Waals surface area (Å²) in [5.74, 6) is 1.10. The molecule has 0 spiro atoms. The molecule has 3 aromatic rings. The van der Waals surface area contributed by atoms with Gasteiger partial charge in [0.2, 0.25) is 5.88 Å². The fourth-order valence-corrected chi connectivity index (χ4v) is 3.78. The molecule has 0 amide bonds. The van der Waals surface area contributed by atoms with E-state index in [2.05, 4.69) is 14.9 Å². The van der Waals surface area contributed by atoms with Gasteiger partial charge >= 0.3 is 0 Å². The number of nitrogens with zero attached hydrogens (tertiary/aromatic N) is 2. The highest BCUT2D eigenvalue weighted by molar-refractivity contribution is 7.92.